The Hall–Kier alpha value is -3.92. The molecular formula is C23H21FN2O6S. The molecule has 8 nitrogen and oxygen atoms in total. The Labute approximate surface area is 190 Å². The predicted molar refractivity (Wildman–Crippen MR) is 121 cm³/mol. The van der Waals surface area contributed by atoms with Gasteiger partial charge in [-0.3, -0.25) is 14.3 Å². The number of ketones is 1. The average molecular weight is 472 g/mol. The van der Waals surface area contributed by atoms with E-state index >= 15 is 0 Å². The molecule has 0 spiro atoms. The number of sulfonamides is 1. The molecule has 33 heavy (non-hydrogen) atoms. The number of carbonyl (C=O) groups excluding carboxylic acids is 2. The van der Waals surface area contributed by atoms with E-state index in [4.69, 9.17) is 9.47 Å². The molecule has 0 aliphatic rings. The van der Waals surface area contributed by atoms with Crippen LogP contribution in [0.3, 0.4) is 0 Å². The average Bonchev–Trinajstić information content (AvgIpc) is 2.79. The highest BCUT2D eigenvalue weighted by atomic mass is 32.2. The molecule has 0 atom stereocenters. The fraction of sp³-hybridized carbons (Fsp3) is 0.130. The molecule has 3 aromatic carbocycles. The first-order chi connectivity index (χ1) is 15.7. The van der Waals surface area contributed by atoms with Crippen molar-refractivity contribution in [2.24, 2.45) is 0 Å². The maximum atomic E-state index is 13.0. The molecule has 0 saturated heterocycles. The normalized spacial score (nSPS) is 10.9. The largest absolute Gasteiger partial charge is 0.493 e. The molecule has 1 amide bonds. The Morgan fingerprint density at radius 1 is 0.909 bits per heavy atom. The molecule has 0 aromatic heterocycles. The number of methoxy groups -OCH3 is 1. The van der Waals surface area contributed by atoms with E-state index in [9.17, 15) is 22.4 Å². The third kappa shape index (κ3) is 6.30. The van der Waals surface area contributed by atoms with Gasteiger partial charge in [-0.1, -0.05) is 0 Å². The topological polar surface area (TPSA) is 111 Å². The maximum absolute atomic E-state index is 13.0. The fourth-order valence-corrected chi connectivity index (χ4v) is 3.85. The van der Waals surface area contributed by atoms with E-state index in [1.165, 1.54) is 44.4 Å². The van der Waals surface area contributed by atoms with Crippen molar-refractivity contribution >= 4 is 33.1 Å². The summed E-state index contributed by atoms with van der Waals surface area (Å²) in [6.07, 6.45) is 0. The molecule has 0 fully saturated rings. The Morgan fingerprint density at radius 3 is 2.15 bits per heavy atom. The number of carbonyl (C=O) groups is 2. The summed E-state index contributed by atoms with van der Waals surface area (Å²) in [6.45, 7) is 1.12. The van der Waals surface area contributed by atoms with Crippen LogP contribution in [0.5, 0.6) is 11.5 Å². The van der Waals surface area contributed by atoms with Gasteiger partial charge in [-0.05, 0) is 73.7 Å². The Kier molecular flexibility index (Phi) is 7.29. The quantitative estimate of drug-likeness (QED) is 0.458. The van der Waals surface area contributed by atoms with Crippen molar-refractivity contribution in [2.45, 2.75) is 11.8 Å². The van der Waals surface area contributed by atoms with Crippen LogP contribution in [-0.4, -0.2) is 33.8 Å². The van der Waals surface area contributed by atoms with Gasteiger partial charge in [0, 0.05) is 16.9 Å². The molecule has 3 aromatic rings. The van der Waals surface area contributed by atoms with Crippen molar-refractivity contribution in [3.05, 3.63) is 78.1 Å². The number of anilines is 2. The molecular weight excluding hydrogens is 451 g/mol. The number of nitrogens with one attached hydrogen (secondary N) is 2. The second-order valence-corrected chi connectivity index (χ2v) is 8.58. The minimum absolute atomic E-state index is 0.0785. The molecule has 0 saturated carbocycles. The van der Waals surface area contributed by atoms with E-state index in [0.717, 1.165) is 24.3 Å². The molecule has 3 rings (SSSR count). The molecule has 172 valence electrons. The van der Waals surface area contributed by atoms with Gasteiger partial charge in [0.25, 0.3) is 15.9 Å². The SMILES string of the molecule is COc1cc(C(C)=O)ccc1OCC(=O)Nc1ccc(NS(=O)(=O)c2ccc(F)cc2)cc1. The first-order valence-corrected chi connectivity index (χ1v) is 11.2. The number of Topliss-reactive ketones (excluding diaryl/α,β-unsaturated/α-hetero) is 1. The molecule has 0 radical (unpaired) electrons. The second kappa shape index (κ2) is 10.1. The highest BCUT2D eigenvalue weighted by molar-refractivity contribution is 7.92. The number of ether oxygens (including phenoxy) is 2. The molecule has 0 bridgehead atoms. The zero-order valence-corrected chi connectivity index (χ0v) is 18.6. The lowest BCUT2D eigenvalue weighted by molar-refractivity contribution is -0.118. The number of benzene rings is 3. The number of amides is 1. The van der Waals surface area contributed by atoms with Crippen LogP contribution in [0.25, 0.3) is 0 Å². The van der Waals surface area contributed by atoms with Crippen molar-refractivity contribution in [3.63, 3.8) is 0 Å². The fourth-order valence-electron chi connectivity index (χ4n) is 2.80. The minimum Gasteiger partial charge on any atom is -0.493 e. The molecule has 10 heteroatoms. The van der Waals surface area contributed by atoms with E-state index in [0.29, 0.717) is 22.7 Å². The summed E-state index contributed by atoms with van der Waals surface area (Å²) in [5.74, 6) is -0.477. The van der Waals surface area contributed by atoms with Crippen LogP contribution in [0.2, 0.25) is 0 Å². The number of hydrogen-bond donors (Lipinski definition) is 2. The summed E-state index contributed by atoms with van der Waals surface area (Å²) >= 11 is 0. The van der Waals surface area contributed by atoms with Gasteiger partial charge in [0.15, 0.2) is 23.9 Å². The van der Waals surface area contributed by atoms with Gasteiger partial charge >= 0.3 is 0 Å². The second-order valence-electron chi connectivity index (χ2n) is 6.90. The van der Waals surface area contributed by atoms with Gasteiger partial charge in [-0.25, -0.2) is 12.8 Å². The van der Waals surface area contributed by atoms with Crippen LogP contribution in [0, 0.1) is 5.82 Å². The van der Waals surface area contributed by atoms with Crippen LogP contribution in [0.1, 0.15) is 17.3 Å². The summed E-state index contributed by atoms with van der Waals surface area (Å²) in [4.78, 5) is 23.6. The van der Waals surface area contributed by atoms with Crippen LogP contribution in [-0.2, 0) is 14.8 Å². The third-order valence-corrected chi connectivity index (χ3v) is 5.87. The standard InChI is InChI=1S/C23H21FN2O6S/c1-15(27)16-3-12-21(22(13-16)31-2)32-14-23(28)25-18-6-8-19(9-7-18)26-33(29,30)20-10-4-17(24)5-11-20/h3-13,26H,14H2,1-2H3,(H,25,28). The molecule has 0 aliphatic heterocycles. The Balaban J connectivity index is 1.58. The summed E-state index contributed by atoms with van der Waals surface area (Å²) in [5.41, 5.74) is 1.15. The summed E-state index contributed by atoms with van der Waals surface area (Å²) < 4.78 is 50.8. The lowest BCUT2D eigenvalue weighted by Crippen LogP contribution is -2.20. The van der Waals surface area contributed by atoms with Gasteiger partial charge in [0.1, 0.15) is 5.82 Å². The van der Waals surface area contributed by atoms with Crippen molar-refractivity contribution in [2.75, 3.05) is 23.8 Å². The number of hydrogen-bond acceptors (Lipinski definition) is 6. The summed E-state index contributed by atoms with van der Waals surface area (Å²) in [5, 5.41) is 2.63. The zero-order chi connectivity index (χ0) is 24.0. The van der Waals surface area contributed by atoms with E-state index in [-0.39, 0.29) is 23.0 Å². The van der Waals surface area contributed by atoms with E-state index in [1.807, 2.05) is 0 Å². The maximum Gasteiger partial charge on any atom is 0.262 e. The van der Waals surface area contributed by atoms with Gasteiger partial charge in [0.2, 0.25) is 0 Å². The van der Waals surface area contributed by atoms with E-state index < -0.39 is 21.7 Å². The highest BCUT2D eigenvalue weighted by Gasteiger charge is 2.15. The minimum atomic E-state index is -3.88. The van der Waals surface area contributed by atoms with Crippen LogP contribution >= 0.6 is 0 Å². The van der Waals surface area contributed by atoms with E-state index in [2.05, 4.69) is 10.0 Å². The number of halogens is 1. The van der Waals surface area contributed by atoms with Gasteiger partial charge < -0.3 is 14.8 Å². The third-order valence-electron chi connectivity index (χ3n) is 4.47. The first kappa shape index (κ1) is 23.7. The summed E-state index contributed by atoms with van der Waals surface area (Å²) in [7, 11) is -2.45. The lowest BCUT2D eigenvalue weighted by atomic mass is 10.1. The van der Waals surface area contributed by atoms with Crippen LogP contribution in [0.15, 0.2) is 71.6 Å². The van der Waals surface area contributed by atoms with Crippen LogP contribution < -0.4 is 19.5 Å². The Morgan fingerprint density at radius 2 is 1.55 bits per heavy atom. The molecule has 0 heterocycles. The molecule has 0 aliphatic carbocycles. The highest BCUT2D eigenvalue weighted by Crippen LogP contribution is 2.28. The van der Waals surface area contributed by atoms with Gasteiger partial charge in [-0.2, -0.15) is 0 Å². The predicted octanol–water partition coefficient (Wildman–Crippen LogP) is 3.86. The molecule has 0 unspecified atom stereocenters. The number of rotatable bonds is 9. The smallest absolute Gasteiger partial charge is 0.262 e. The van der Waals surface area contributed by atoms with E-state index in [1.54, 1.807) is 12.1 Å². The summed E-state index contributed by atoms with van der Waals surface area (Å²) in [6, 6.07) is 15.1. The van der Waals surface area contributed by atoms with Crippen LogP contribution in [0.4, 0.5) is 15.8 Å². The monoisotopic (exact) mass is 472 g/mol. The van der Waals surface area contributed by atoms with Crippen molar-refractivity contribution < 1.29 is 31.9 Å². The van der Waals surface area contributed by atoms with Crippen molar-refractivity contribution in [3.8, 4) is 11.5 Å². The van der Waals surface area contributed by atoms with Crippen molar-refractivity contribution in [1.82, 2.24) is 0 Å². The Bertz CT molecular complexity index is 1260. The molecule has 2 N–H and O–H groups in total. The van der Waals surface area contributed by atoms with Crippen molar-refractivity contribution in [1.29, 1.82) is 0 Å². The lowest BCUT2D eigenvalue weighted by Gasteiger charge is -2.12. The zero-order valence-electron chi connectivity index (χ0n) is 17.8. The van der Waals surface area contributed by atoms with Gasteiger partial charge in [0.05, 0.1) is 12.0 Å². The first-order valence-electron chi connectivity index (χ1n) is 9.68. The van der Waals surface area contributed by atoms with Gasteiger partial charge in [-0.15, -0.1) is 0 Å².